The van der Waals surface area contributed by atoms with Crippen molar-refractivity contribution in [3.8, 4) is 5.75 Å². The summed E-state index contributed by atoms with van der Waals surface area (Å²) in [5.74, 6) is -0.0677. The first kappa shape index (κ1) is 22.9. The second-order valence-corrected chi connectivity index (χ2v) is 8.70. The molecule has 4 rings (SSSR count). The van der Waals surface area contributed by atoms with Crippen molar-refractivity contribution in [2.75, 3.05) is 11.9 Å². The molecule has 1 aliphatic rings. The highest BCUT2D eigenvalue weighted by Crippen LogP contribution is 2.29. The number of thioether (sulfide) groups is 1. The predicted octanol–water partition coefficient (Wildman–Crippen LogP) is 5.90. The fourth-order valence-corrected chi connectivity index (χ4v) is 4.01. The molecule has 2 amide bonds. The number of aliphatic imine (C=N–C) groups is 1. The monoisotopic (exact) mass is 497 g/mol. The fourth-order valence-electron chi connectivity index (χ4n) is 2.87. The van der Waals surface area contributed by atoms with Crippen LogP contribution in [0.15, 0.2) is 82.7 Å². The second kappa shape index (κ2) is 10.6. The van der Waals surface area contributed by atoms with Gasteiger partial charge in [0.25, 0.3) is 11.8 Å². The van der Waals surface area contributed by atoms with E-state index in [9.17, 15) is 9.59 Å². The molecule has 0 unspecified atom stereocenters. The zero-order valence-electron chi connectivity index (χ0n) is 17.0. The molecule has 0 spiro atoms. The summed E-state index contributed by atoms with van der Waals surface area (Å²) in [5, 5.41) is 6.73. The smallest absolute Gasteiger partial charge is 0.264 e. The van der Waals surface area contributed by atoms with Crippen molar-refractivity contribution >= 4 is 69.4 Å². The standard InChI is InChI=1S/C24H17Cl2N3O3S/c25-19-10-9-17(13-20(19)26)27-22(30)14-32-18-8-4-5-15(11-18)12-21-23(31)29-24(33-21)28-16-6-2-1-3-7-16/h1-13H,14H2,(H,27,30)(H,28,29,31). The summed E-state index contributed by atoms with van der Waals surface area (Å²) in [6.07, 6.45) is 1.75. The molecule has 1 saturated heterocycles. The summed E-state index contributed by atoms with van der Waals surface area (Å²) in [6, 6.07) is 21.3. The first-order chi connectivity index (χ1) is 16.0. The van der Waals surface area contributed by atoms with Crippen molar-refractivity contribution in [1.29, 1.82) is 0 Å². The van der Waals surface area contributed by atoms with Gasteiger partial charge in [-0.15, -0.1) is 0 Å². The fraction of sp³-hybridized carbons (Fsp3) is 0.0417. The first-order valence-corrected chi connectivity index (χ1v) is 11.4. The molecule has 0 aliphatic carbocycles. The van der Waals surface area contributed by atoms with E-state index in [4.69, 9.17) is 27.9 Å². The number of carbonyl (C=O) groups excluding carboxylic acids is 2. The van der Waals surface area contributed by atoms with Crippen LogP contribution in [-0.4, -0.2) is 23.6 Å². The highest BCUT2D eigenvalue weighted by Gasteiger charge is 2.23. The molecule has 0 bridgehead atoms. The van der Waals surface area contributed by atoms with Crippen LogP contribution in [-0.2, 0) is 9.59 Å². The quantitative estimate of drug-likeness (QED) is 0.415. The molecule has 0 radical (unpaired) electrons. The molecule has 1 fully saturated rings. The van der Waals surface area contributed by atoms with E-state index in [1.807, 2.05) is 36.4 Å². The average Bonchev–Trinajstić information content (AvgIpc) is 3.14. The Morgan fingerprint density at radius 1 is 1.03 bits per heavy atom. The van der Waals surface area contributed by atoms with E-state index >= 15 is 0 Å². The summed E-state index contributed by atoms with van der Waals surface area (Å²) in [4.78, 5) is 29.4. The van der Waals surface area contributed by atoms with E-state index in [2.05, 4.69) is 15.6 Å². The molecule has 0 saturated carbocycles. The van der Waals surface area contributed by atoms with E-state index in [0.29, 0.717) is 31.6 Å². The van der Waals surface area contributed by atoms with Crippen molar-refractivity contribution in [1.82, 2.24) is 5.32 Å². The maximum atomic E-state index is 12.3. The third kappa shape index (κ3) is 6.38. The van der Waals surface area contributed by atoms with E-state index < -0.39 is 0 Å². The largest absolute Gasteiger partial charge is 0.484 e. The number of carbonyl (C=O) groups is 2. The molecule has 166 valence electrons. The number of para-hydroxylation sites is 1. The first-order valence-electron chi connectivity index (χ1n) is 9.79. The lowest BCUT2D eigenvalue weighted by Crippen LogP contribution is -2.20. The van der Waals surface area contributed by atoms with Gasteiger partial charge in [0, 0.05) is 5.69 Å². The third-order valence-electron chi connectivity index (χ3n) is 4.37. The number of hydrogen-bond acceptors (Lipinski definition) is 5. The summed E-state index contributed by atoms with van der Waals surface area (Å²) in [6.45, 7) is -0.191. The van der Waals surface area contributed by atoms with E-state index in [0.717, 1.165) is 11.3 Å². The maximum absolute atomic E-state index is 12.3. The molecule has 1 aliphatic heterocycles. The van der Waals surface area contributed by atoms with Gasteiger partial charge in [0.1, 0.15) is 5.75 Å². The maximum Gasteiger partial charge on any atom is 0.264 e. The molecule has 33 heavy (non-hydrogen) atoms. The molecule has 3 aromatic carbocycles. The number of hydrogen-bond donors (Lipinski definition) is 2. The van der Waals surface area contributed by atoms with Crippen LogP contribution in [0.3, 0.4) is 0 Å². The Balaban J connectivity index is 1.38. The molecule has 0 atom stereocenters. The van der Waals surface area contributed by atoms with Gasteiger partial charge in [-0.3, -0.25) is 9.59 Å². The number of amides is 2. The normalized spacial score (nSPS) is 15.5. The Morgan fingerprint density at radius 2 is 1.85 bits per heavy atom. The lowest BCUT2D eigenvalue weighted by molar-refractivity contribution is -0.118. The Bertz CT molecular complexity index is 1260. The predicted molar refractivity (Wildman–Crippen MR) is 134 cm³/mol. The van der Waals surface area contributed by atoms with Gasteiger partial charge in [0.15, 0.2) is 11.8 Å². The number of ether oxygens (including phenoxy) is 1. The van der Waals surface area contributed by atoms with Gasteiger partial charge in [-0.1, -0.05) is 53.5 Å². The van der Waals surface area contributed by atoms with Crippen LogP contribution in [0.4, 0.5) is 11.4 Å². The van der Waals surface area contributed by atoms with Crippen LogP contribution in [0.5, 0.6) is 5.75 Å². The number of nitrogens with one attached hydrogen (secondary N) is 2. The van der Waals surface area contributed by atoms with Crippen LogP contribution in [0, 0.1) is 0 Å². The summed E-state index contributed by atoms with van der Waals surface area (Å²) in [7, 11) is 0. The minimum atomic E-state index is -0.343. The molecule has 1 heterocycles. The topological polar surface area (TPSA) is 79.8 Å². The van der Waals surface area contributed by atoms with Gasteiger partial charge in [-0.2, -0.15) is 0 Å². The molecule has 3 aromatic rings. The van der Waals surface area contributed by atoms with Crippen LogP contribution in [0.25, 0.3) is 6.08 Å². The SMILES string of the molecule is O=C(COc1cccc(C=C2SC(=Nc3ccccc3)NC2=O)c1)Nc1ccc(Cl)c(Cl)c1. The van der Waals surface area contributed by atoms with Gasteiger partial charge in [0.05, 0.1) is 20.6 Å². The molecule has 9 heteroatoms. The molecule has 6 nitrogen and oxygen atoms in total. The van der Waals surface area contributed by atoms with Gasteiger partial charge < -0.3 is 15.4 Å². The lowest BCUT2D eigenvalue weighted by Gasteiger charge is -2.09. The van der Waals surface area contributed by atoms with Crippen molar-refractivity contribution in [2.45, 2.75) is 0 Å². The molecular formula is C24H17Cl2N3O3S. The lowest BCUT2D eigenvalue weighted by atomic mass is 10.2. The average molecular weight is 498 g/mol. The summed E-state index contributed by atoms with van der Waals surface area (Å²) >= 11 is 13.1. The molecule has 0 aromatic heterocycles. The zero-order valence-corrected chi connectivity index (χ0v) is 19.4. The van der Waals surface area contributed by atoms with Crippen LogP contribution in [0.1, 0.15) is 5.56 Å². The minimum absolute atomic E-state index is 0.191. The number of amidine groups is 1. The van der Waals surface area contributed by atoms with Crippen molar-refractivity contribution in [3.05, 3.63) is 93.3 Å². The number of halogens is 2. The van der Waals surface area contributed by atoms with Gasteiger partial charge in [-0.25, -0.2) is 4.99 Å². The summed E-state index contributed by atoms with van der Waals surface area (Å²) < 4.78 is 5.59. The Labute approximate surface area is 204 Å². The van der Waals surface area contributed by atoms with Crippen molar-refractivity contribution < 1.29 is 14.3 Å². The van der Waals surface area contributed by atoms with Crippen molar-refractivity contribution in [3.63, 3.8) is 0 Å². The van der Waals surface area contributed by atoms with Gasteiger partial charge in [-0.05, 0) is 65.9 Å². The van der Waals surface area contributed by atoms with Gasteiger partial charge in [0.2, 0.25) is 0 Å². The van der Waals surface area contributed by atoms with Gasteiger partial charge >= 0.3 is 0 Å². The van der Waals surface area contributed by atoms with E-state index in [-0.39, 0.29) is 18.4 Å². The summed E-state index contributed by atoms with van der Waals surface area (Å²) in [5.41, 5.74) is 2.04. The number of rotatable bonds is 6. The van der Waals surface area contributed by atoms with E-state index in [1.54, 1.807) is 42.5 Å². The highest BCUT2D eigenvalue weighted by atomic mass is 35.5. The number of anilines is 1. The second-order valence-electron chi connectivity index (χ2n) is 6.86. The van der Waals surface area contributed by atoms with Crippen molar-refractivity contribution in [2.24, 2.45) is 4.99 Å². The molecule has 2 N–H and O–H groups in total. The molecular weight excluding hydrogens is 481 g/mol. The van der Waals surface area contributed by atoms with E-state index in [1.165, 1.54) is 11.8 Å². The van der Waals surface area contributed by atoms with Crippen LogP contribution < -0.4 is 15.4 Å². The van der Waals surface area contributed by atoms with Crippen LogP contribution in [0.2, 0.25) is 10.0 Å². The van der Waals surface area contributed by atoms with Crippen LogP contribution >= 0.6 is 35.0 Å². The Hall–Kier alpha value is -3.26. The Kier molecular flexibility index (Phi) is 7.34. The third-order valence-corrected chi connectivity index (χ3v) is 6.02. The number of nitrogens with zero attached hydrogens (tertiary/aromatic N) is 1. The minimum Gasteiger partial charge on any atom is -0.484 e. The highest BCUT2D eigenvalue weighted by molar-refractivity contribution is 8.18. The Morgan fingerprint density at radius 3 is 2.64 bits per heavy atom. The zero-order chi connectivity index (χ0) is 23.2. The number of benzene rings is 3.